The standard InChI is InChI=1S/C19H24N2O3S/c1-14-5-9-18(10-6-14)21(25(4,23)24)12-11-19(22)20-17-8-7-15(2)16(3)13-17/h5-10,13H,11-12H2,1-4H3,(H,20,22). The molecule has 0 aromatic heterocycles. The van der Waals surface area contributed by atoms with Crippen LogP contribution in [0.15, 0.2) is 42.5 Å². The summed E-state index contributed by atoms with van der Waals surface area (Å²) in [4.78, 5) is 12.2. The van der Waals surface area contributed by atoms with Gasteiger partial charge in [-0.05, 0) is 56.2 Å². The fourth-order valence-electron chi connectivity index (χ4n) is 2.44. The second-order valence-electron chi connectivity index (χ2n) is 6.27. The first-order valence-electron chi connectivity index (χ1n) is 8.08. The average Bonchev–Trinajstić information content (AvgIpc) is 2.51. The van der Waals surface area contributed by atoms with E-state index in [-0.39, 0.29) is 18.9 Å². The van der Waals surface area contributed by atoms with E-state index in [1.54, 1.807) is 12.1 Å². The molecule has 6 heteroatoms. The number of nitrogens with zero attached hydrogens (tertiary/aromatic N) is 1. The summed E-state index contributed by atoms with van der Waals surface area (Å²) >= 11 is 0. The van der Waals surface area contributed by atoms with Crippen LogP contribution in [0.4, 0.5) is 11.4 Å². The Morgan fingerprint density at radius 1 is 1.00 bits per heavy atom. The first kappa shape index (κ1) is 19.0. The Morgan fingerprint density at radius 2 is 1.64 bits per heavy atom. The number of benzene rings is 2. The monoisotopic (exact) mass is 360 g/mol. The van der Waals surface area contributed by atoms with Crippen molar-refractivity contribution in [3.8, 4) is 0 Å². The van der Waals surface area contributed by atoms with Crippen molar-refractivity contribution >= 4 is 27.3 Å². The maximum absolute atomic E-state index is 12.2. The maximum atomic E-state index is 12.2. The van der Waals surface area contributed by atoms with Gasteiger partial charge in [-0.2, -0.15) is 0 Å². The van der Waals surface area contributed by atoms with E-state index in [4.69, 9.17) is 0 Å². The largest absolute Gasteiger partial charge is 0.326 e. The van der Waals surface area contributed by atoms with E-state index in [1.165, 1.54) is 4.31 Å². The van der Waals surface area contributed by atoms with Crippen LogP contribution in [0, 0.1) is 20.8 Å². The van der Waals surface area contributed by atoms with Crippen molar-refractivity contribution < 1.29 is 13.2 Å². The summed E-state index contributed by atoms with van der Waals surface area (Å²) < 4.78 is 25.4. The minimum Gasteiger partial charge on any atom is -0.326 e. The first-order valence-corrected chi connectivity index (χ1v) is 9.93. The summed E-state index contributed by atoms with van der Waals surface area (Å²) in [6.07, 6.45) is 1.22. The van der Waals surface area contributed by atoms with Gasteiger partial charge in [-0.3, -0.25) is 9.10 Å². The minimum absolute atomic E-state index is 0.0773. The third kappa shape index (κ3) is 5.32. The maximum Gasteiger partial charge on any atom is 0.232 e. The molecule has 2 aromatic carbocycles. The molecule has 134 valence electrons. The number of amides is 1. The average molecular weight is 360 g/mol. The molecule has 0 atom stereocenters. The number of nitrogens with one attached hydrogen (secondary N) is 1. The van der Waals surface area contributed by atoms with Gasteiger partial charge in [-0.25, -0.2) is 8.42 Å². The quantitative estimate of drug-likeness (QED) is 0.858. The molecule has 0 aliphatic carbocycles. The zero-order valence-electron chi connectivity index (χ0n) is 15.0. The Labute approximate surface area is 149 Å². The normalized spacial score (nSPS) is 11.2. The van der Waals surface area contributed by atoms with Crippen molar-refractivity contribution in [2.24, 2.45) is 0 Å². The van der Waals surface area contributed by atoms with Gasteiger partial charge in [0.05, 0.1) is 11.9 Å². The highest BCUT2D eigenvalue weighted by atomic mass is 32.2. The summed E-state index contributed by atoms with van der Waals surface area (Å²) in [5.74, 6) is -0.219. The Balaban J connectivity index is 2.06. The molecule has 1 amide bonds. The topological polar surface area (TPSA) is 66.5 Å². The third-order valence-electron chi connectivity index (χ3n) is 4.05. The summed E-state index contributed by atoms with van der Waals surface area (Å²) in [7, 11) is -3.46. The fourth-order valence-corrected chi connectivity index (χ4v) is 3.37. The van der Waals surface area contributed by atoms with Crippen LogP contribution in [0.3, 0.4) is 0 Å². The lowest BCUT2D eigenvalue weighted by atomic mass is 10.1. The molecule has 1 N–H and O–H groups in total. The van der Waals surface area contributed by atoms with Crippen LogP contribution in [0.5, 0.6) is 0 Å². The lowest BCUT2D eigenvalue weighted by Crippen LogP contribution is -2.33. The molecular weight excluding hydrogens is 336 g/mol. The second kappa shape index (κ2) is 7.70. The van der Waals surface area contributed by atoms with E-state index in [0.29, 0.717) is 11.4 Å². The minimum atomic E-state index is -3.46. The van der Waals surface area contributed by atoms with Crippen LogP contribution in [-0.2, 0) is 14.8 Å². The van der Waals surface area contributed by atoms with Gasteiger partial charge >= 0.3 is 0 Å². The van der Waals surface area contributed by atoms with Crippen molar-refractivity contribution in [3.63, 3.8) is 0 Å². The number of anilines is 2. The van der Waals surface area contributed by atoms with E-state index >= 15 is 0 Å². The smallest absolute Gasteiger partial charge is 0.232 e. The van der Waals surface area contributed by atoms with Gasteiger partial charge in [0.1, 0.15) is 0 Å². The molecule has 0 fully saturated rings. The predicted molar refractivity (Wildman–Crippen MR) is 103 cm³/mol. The zero-order valence-corrected chi connectivity index (χ0v) is 15.9. The number of aryl methyl sites for hydroxylation is 3. The molecular formula is C19H24N2O3S. The highest BCUT2D eigenvalue weighted by Gasteiger charge is 2.18. The van der Waals surface area contributed by atoms with Gasteiger partial charge in [-0.15, -0.1) is 0 Å². The number of sulfonamides is 1. The number of hydrogen-bond acceptors (Lipinski definition) is 3. The molecule has 0 saturated carbocycles. The number of rotatable bonds is 6. The molecule has 0 bridgehead atoms. The van der Waals surface area contributed by atoms with Crippen LogP contribution in [0.2, 0.25) is 0 Å². The highest BCUT2D eigenvalue weighted by molar-refractivity contribution is 7.92. The van der Waals surface area contributed by atoms with E-state index < -0.39 is 10.0 Å². The van der Waals surface area contributed by atoms with Crippen molar-refractivity contribution in [1.29, 1.82) is 0 Å². The third-order valence-corrected chi connectivity index (χ3v) is 5.25. The van der Waals surface area contributed by atoms with Crippen LogP contribution in [0.1, 0.15) is 23.1 Å². The lowest BCUT2D eigenvalue weighted by Gasteiger charge is -2.22. The highest BCUT2D eigenvalue weighted by Crippen LogP contribution is 2.19. The van der Waals surface area contributed by atoms with Gasteiger partial charge in [0.2, 0.25) is 15.9 Å². The van der Waals surface area contributed by atoms with Crippen molar-refractivity contribution in [2.45, 2.75) is 27.2 Å². The second-order valence-corrected chi connectivity index (χ2v) is 8.17. The Hall–Kier alpha value is -2.34. The number of hydrogen-bond donors (Lipinski definition) is 1. The molecule has 0 radical (unpaired) electrons. The molecule has 0 aliphatic heterocycles. The Kier molecular flexibility index (Phi) is 5.85. The number of carbonyl (C=O) groups is 1. The van der Waals surface area contributed by atoms with Crippen LogP contribution >= 0.6 is 0 Å². The number of carbonyl (C=O) groups excluding carboxylic acids is 1. The van der Waals surface area contributed by atoms with Crippen molar-refractivity contribution in [3.05, 3.63) is 59.2 Å². The van der Waals surface area contributed by atoms with Gasteiger partial charge in [0.25, 0.3) is 0 Å². The molecule has 5 nitrogen and oxygen atoms in total. The van der Waals surface area contributed by atoms with E-state index in [2.05, 4.69) is 5.32 Å². The van der Waals surface area contributed by atoms with Crippen LogP contribution in [0.25, 0.3) is 0 Å². The van der Waals surface area contributed by atoms with E-state index in [0.717, 1.165) is 22.9 Å². The molecule has 25 heavy (non-hydrogen) atoms. The van der Waals surface area contributed by atoms with E-state index in [9.17, 15) is 13.2 Å². The summed E-state index contributed by atoms with van der Waals surface area (Å²) in [5, 5.41) is 2.82. The van der Waals surface area contributed by atoms with Crippen molar-refractivity contribution in [1.82, 2.24) is 0 Å². The first-order chi connectivity index (χ1) is 11.7. The van der Waals surface area contributed by atoms with Gasteiger partial charge in [0, 0.05) is 18.7 Å². The molecule has 2 rings (SSSR count). The molecule has 0 saturated heterocycles. The SMILES string of the molecule is Cc1ccc(N(CCC(=O)Nc2ccc(C)c(C)c2)S(C)(=O)=O)cc1. The van der Waals surface area contributed by atoms with Crippen LogP contribution in [-0.4, -0.2) is 27.1 Å². The van der Waals surface area contributed by atoms with E-state index in [1.807, 2.05) is 51.1 Å². The molecule has 0 spiro atoms. The summed E-state index contributed by atoms with van der Waals surface area (Å²) in [5.41, 5.74) is 4.57. The van der Waals surface area contributed by atoms with Gasteiger partial charge < -0.3 is 5.32 Å². The lowest BCUT2D eigenvalue weighted by molar-refractivity contribution is -0.116. The van der Waals surface area contributed by atoms with Gasteiger partial charge in [-0.1, -0.05) is 23.8 Å². The zero-order chi connectivity index (χ0) is 18.6. The molecule has 0 unspecified atom stereocenters. The molecule has 0 aliphatic rings. The summed E-state index contributed by atoms with van der Waals surface area (Å²) in [6, 6.07) is 12.9. The fraction of sp³-hybridized carbons (Fsp3) is 0.316. The summed E-state index contributed by atoms with van der Waals surface area (Å²) in [6.45, 7) is 6.02. The van der Waals surface area contributed by atoms with Crippen LogP contribution < -0.4 is 9.62 Å². The predicted octanol–water partition coefficient (Wildman–Crippen LogP) is 3.41. The van der Waals surface area contributed by atoms with Gasteiger partial charge in [0.15, 0.2) is 0 Å². The Bertz CT molecular complexity index is 859. The molecule has 2 aromatic rings. The Morgan fingerprint density at radius 3 is 2.20 bits per heavy atom. The molecule has 0 heterocycles. The van der Waals surface area contributed by atoms with Crippen molar-refractivity contribution in [2.75, 3.05) is 22.4 Å².